The minimum absolute atomic E-state index is 0. The second kappa shape index (κ2) is 8.81. The summed E-state index contributed by atoms with van der Waals surface area (Å²) in [5.41, 5.74) is 0. The maximum atomic E-state index is 9.59. The summed E-state index contributed by atoms with van der Waals surface area (Å²) >= 11 is 0. The zero-order chi connectivity index (χ0) is 6.41. The molecule has 0 atom stereocenters. The van der Waals surface area contributed by atoms with Crippen molar-refractivity contribution >= 4 is 5.97 Å². The number of hydrogen-bond acceptors (Lipinski definition) is 3. The third-order valence-corrected chi connectivity index (χ3v) is 0.550. The standard InChI is InChI=1S/C5H8O3.K/c6-4-2-1-3-5(7)8;/h1,3,6H,2,4H2,(H,7,8);/q;+1/p-1/b3-1+;. The molecule has 0 aromatic carbocycles. The van der Waals surface area contributed by atoms with Crippen LogP contribution in [0, 0.1) is 0 Å². The average Bonchev–Trinajstić information content (AvgIpc) is 1.66. The van der Waals surface area contributed by atoms with Crippen molar-refractivity contribution in [3.8, 4) is 0 Å². The predicted octanol–water partition coefficient (Wildman–Crippen LogP) is -4.32. The first-order valence-electron chi connectivity index (χ1n) is 2.25. The number of carboxylic acid groups (broad SMARTS) is 1. The fourth-order valence-electron chi connectivity index (χ4n) is 0.254. The van der Waals surface area contributed by atoms with Gasteiger partial charge in [0.15, 0.2) is 0 Å². The molecule has 0 aliphatic carbocycles. The van der Waals surface area contributed by atoms with Gasteiger partial charge in [-0.15, -0.1) is 0 Å². The third-order valence-electron chi connectivity index (χ3n) is 0.550. The van der Waals surface area contributed by atoms with Gasteiger partial charge in [-0.2, -0.15) is 0 Å². The molecule has 0 fully saturated rings. The maximum Gasteiger partial charge on any atom is 1.00 e. The number of hydrogen-bond donors (Lipinski definition) is 1. The van der Waals surface area contributed by atoms with E-state index in [1.807, 2.05) is 0 Å². The third kappa shape index (κ3) is 12.1. The van der Waals surface area contributed by atoms with Crippen LogP contribution in [0.2, 0.25) is 0 Å². The summed E-state index contributed by atoms with van der Waals surface area (Å²) in [6, 6.07) is 0. The van der Waals surface area contributed by atoms with Crippen LogP contribution in [0.25, 0.3) is 0 Å². The summed E-state index contributed by atoms with van der Waals surface area (Å²) in [7, 11) is 0. The van der Waals surface area contributed by atoms with E-state index in [1.54, 1.807) is 0 Å². The Labute approximate surface area is 96.2 Å². The average molecular weight is 154 g/mol. The Bertz CT molecular complexity index is 100. The van der Waals surface area contributed by atoms with Crippen molar-refractivity contribution in [2.75, 3.05) is 6.61 Å². The Morgan fingerprint density at radius 1 is 1.67 bits per heavy atom. The number of aliphatic hydroxyl groups excluding tert-OH is 1. The number of carboxylic acids is 1. The predicted molar refractivity (Wildman–Crippen MR) is 25.8 cm³/mol. The molecule has 0 amide bonds. The summed E-state index contributed by atoms with van der Waals surface area (Å²) in [5, 5.41) is 17.7. The molecule has 0 unspecified atom stereocenters. The number of aliphatic hydroxyl groups is 1. The van der Waals surface area contributed by atoms with Gasteiger partial charge in [0.2, 0.25) is 0 Å². The van der Waals surface area contributed by atoms with Gasteiger partial charge in [-0.25, -0.2) is 0 Å². The molecule has 0 heterocycles. The number of carbonyl (C=O) groups excluding carboxylic acids is 1. The molecule has 9 heavy (non-hydrogen) atoms. The maximum absolute atomic E-state index is 9.59. The zero-order valence-corrected chi connectivity index (χ0v) is 8.46. The van der Waals surface area contributed by atoms with E-state index in [9.17, 15) is 9.90 Å². The molecular weight excluding hydrogens is 147 g/mol. The molecule has 0 saturated carbocycles. The smallest absolute Gasteiger partial charge is 0.545 e. The molecule has 0 aromatic rings. The Hall–Kier alpha value is 0.806. The van der Waals surface area contributed by atoms with Crippen molar-refractivity contribution in [2.45, 2.75) is 6.42 Å². The molecule has 0 saturated heterocycles. The number of aliphatic carboxylic acids is 1. The number of rotatable bonds is 3. The van der Waals surface area contributed by atoms with Crippen molar-refractivity contribution in [1.29, 1.82) is 0 Å². The molecular formula is C5H7KO3. The Kier molecular flexibility index (Phi) is 12.2. The van der Waals surface area contributed by atoms with Crippen molar-refractivity contribution < 1.29 is 66.4 Å². The van der Waals surface area contributed by atoms with E-state index in [2.05, 4.69) is 0 Å². The molecule has 46 valence electrons. The summed E-state index contributed by atoms with van der Waals surface area (Å²) in [5.74, 6) is -1.22. The molecule has 0 radical (unpaired) electrons. The molecule has 0 aromatic heterocycles. The van der Waals surface area contributed by atoms with Gasteiger partial charge in [-0.1, -0.05) is 6.08 Å². The van der Waals surface area contributed by atoms with E-state index in [0.29, 0.717) is 6.42 Å². The van der Waals surface area contributed by atoms with E-state index in [0.717, 1.165) is 6.08 Å². The van der Waals surface area contributed by atoms with E-state index in [1.165, 1.54) is 6.08 Å². The second-order valence-electron chi connectivity index (χ2n) is 1.23. The molecule has 0 spiro atoms. The Morgan fingerprint density at radius 3 is 2.56 bits per heavy atom. The molecule has 0 aliphatic heterocycles. The summed E-state index contributed by atoms with van der Waals surface area (Å²) < 4.78 is 0. The van der Waals surface area contributed by atoms with Crippen LogP contribution in [-0.2, 0) is 4.79 Å². The van der Waals surface area contributed by atoms with Gasteiger partial charge in [-0.05, 0) is 12.5 Å². The van der Waals surface area contributed by atoms with E-state index >= 15 is 0 Å². The molecule has 4 heteroatoms. The minimum atomic E-state index is -1.22. The second-order valence-corrected chi connectivity index (χ2v) is 1.23. The fourth-order valence-corrected chi connectivity index (χ4v) is 0.254. The molecule has 1 N–H and O–H groups in total. The monoisotopic (exact) mass is 154 g/mol. The van der Waals surface area contributed by atoms with Crippen molar-refractivity contribution in [2.24, 2.45) is 0 Å². The largest absolute Gasteiger partial charge is 1.00 e. The van der Waals surface area contributed by atoms with Gasteiger partial charge >= 0.3 is 51.4 Å². The minimum Gasteiger partial charge on any atom is -0.545 e. The van der Waals surface area contributed by atoms with E-state index in [4.69, 9.17) is 5.11 Å². The SMILES string of the molecule is O=C([O-])/C=C/CCO.[K+]. The zero-order valence-electron chi connectivity index (χ0n) is 5.33. The van der Waals surface area contributed by atoms with Gasteiger partial charge in [0.05, 0.1) is 5.97 Å². The molecule has 0 rings (SSSR count). The van der Waals surface area contributed by atoms with Crippen LogP contribution in [-0.4, -0.2) is 17.7 Å². The van der Waals surface area contributed by atoms with Gasteiger partial charge in [0.25, 0.3) is 0 Å². The van der Waals surface area contributed by atoms with Gasteiger partial charge in [-0.3, -0.25) is 0 Å². The topological polar surface area (TPSA) is 60.4 Å². The van der Waals surface area contributed by atoms with E-state index in [-0.39, 0.29) is 58.0 Å². The van der Waals surface area contributed by atoms with Crippen molar-refractivity contribution in [3.05, 3.63) is 12.2 Å². The number of carbonyl (C=O) groups is 1. The van der Waals surface area contributed by atoms with Crippen LogP contribution < -0.4 is 56.5 Å². The van der Waals surface area contributed by atoms with Crippen LogP contribution in [0.15, 0.2) is 12.2 Å². The Balaban J connectivity index is 0. The first-order valence-corrected chi connectivity index (χ1v) is 2.25. The summed E-state index contributed by atoms with van der Waals surface area (Å²) in [6.45, 7) is -0.0240. The van der Waals surface area contributed by atoms with E-state index < -0.39 is 5.97 Å². The van der Waals surface area contributed by atoms with Crippen LogP contribution in [0.5, 0.6) is 0 Å². The first-order chi connectivity index (χ1) is 3.77. The van der Waals surface area contributed by atoms with Crippen molar-refractivity contribution in [1.82, 2.24) is 0 Å². The van der Waals surface area contributed by atoms with Crippen LogP contribution in [0.4, 0.5) is 0 Å². The normalized spacial score (nSPS) is 9.00. The van der Waals surface area contributed by atoms with Gasteiger partial charge < -0.3 is 15.0 Å². The van der Waals surface area contributed by atoms with Crippen LogP contribution >= 0.6 is 0 Å². The van der Waals surface area contributed by atoms with Crippen LogP contribution in [0.3, 0.4) is 0 Å². The summed E-state index contributed by atoms with van der Waals surface area (Å²) in [4.78, 5) is 9.59. The first kappa shape index (κ1) is 12.5. The summed E-state index contributed by atoms with van der Waals surface area (Å²) in [6.07, 6.45) is 2.61. The van der Waals surface area contributed by atoms with Gasteiger partial charge in [0, 0.05) is 6.61 Å². The Morgan fingerprint density at radius 2 is 2.22 bits per heavy atom. The molecule has 3 nitrogen and oxygen atoms in total. The van der Waals surface area contributed by atoms with Gasteiger partial charge in [0.1, 0.15) is 0 Å². The van der Waals surface area contributed by atoms with Crippen LogP contribution in [0.1, 0.15) is 6.42 Å². The molecule has 0 bridgehead atoms. The molecule has 0 aliphatic rings. The fraction of sp³-hybridized carbons (Fsp3) is 0.400. The van der Waals surface area contributed by atoms with Crippen molar-refractivity contribution in [3.63, 3.8) is 0 Å². The quantitative estimate of drug-likeness (QED) is 0.330.